The van der Waals surface area contributed by atoms with Crippen LogP contribution < -0.4 is 0 Å². The molecule has 0 amide bonds. The summed E-state index contributed by atoms with van der Waals surface area (Å²) in [6, 6.07) is 0. The van der Waals surface area contributed by atoms with Crippen molar-refractivity contribution in [3.8, 4) is 0 Å². The lowest BCUT2D eigenvalue weighted by atomic mass is 10.4. The monoisotopic (exact) mass is 133 g/mol. The van der Waals surface area contributed by atoms with Gasteiger partial charge in [0.25, 0.3) is 0 Å². The number of unbranched alkanes of at least 4 members (excludes halogenated alkanes) is 1. The van der Waals surface area contributed by atoms with Crippen LogP contribution in [0, 0.1) is 6.92 Å². The predicted octanol–water partition coefficient (Wildman–Crippen LogP) is 1.98. The van der Waals surface area contributed by atoms with E-state index in [9.17, 15) is 4.39 Å². The molecule has 0 rings (SSSR count). The molecule has 0 aliphatic heterocycles. The SMILES string of the molecule is [CH2]CCCOCCCF. The van der Waals surface area contributed by atoms with Crippen LogP contribution in [0.25, 0.3) is 0 Å². The fourth-order valence-electron chi connectivity index (χ4n) is 0.463. The van der Waals surface area contributed by atoms with Crippen LogP contribution in [0.2, 0.25) is 0 Å². The molecule has 9 heavy (non-hydrogen) atoms. The van der Waals surface area contributed by atoms with Crippen molar-refractivity contribution in [3.05, 3.63) is 6.92 Å². The number of hydrogen-bond acceptors (Lipinski definition) is 1. The van der Waals surface area contributed by atoms with E-state index in [4.69, 9.17) is 4.74 Å². The van der Waals surface area contributed by atoms with Crippen LogP contribution in [0.3, 0.4) is 0 Å². The molecule has 2 heteroatoms. The highest BCUT2D eigenvalue weighted by molar-refractivity contribution is 4.39. The first-order chi connectivity index (χ1) is 4.41. The maximum absolute atomic E-state index is 11.4. The molecule has 0 aliphatic carbocycles. The molecule has 55 valence electrons. The molecule has 0 spiro atoms. The molecule has 0 saturated carbocycles. The van der Waals surface area contributed by atoms with E-state index < -0.39 is 0 Å². The topological polar surface area (TPSA) is 9.23 Å². The van der Waals surface area contributed by atoms with Gasteiger partial charge in [0, 0.05) is 13.2 Å². The maximum Gasteiger partial charge on any atom is 0.0916 e. The summed E-state index contributed by atoms with van der Waals surface area (Å²) in [6.45, 7) is 4.65. The van der Waals surface area contributed by atoms with Gasteiger partial charge in [-0.15, -0.1) is 0 Å². The molecule has 0 bridgehead atoms. The van der Waals surface area contributed by atoms with Gasteiger partial charge in [-0.2, -0.15) is 0 Å². The van der Waals surface area contributed by atoms with Crippen LogP contribution in [0.4, 0.5) is 4.39 Å². The molecule has 0 fully saturated rings. The highest BCUT2D eigenvalue weighted by Gasteiger charge is 1.85. The van der Waals surface area contributed by atoms with Crippen molar-refractivity contribution in [1.29, 1.82) is 0 Å². The lowest BCUT2D eigenvalue weighted by Gasteiger charge is -1.98. The fourth-order valence-corrected chi connectivity index (χ4v) is 0.463. The predicted molar refractivity (Wildman–Crippen MR) is 36.0 cm³/mol. The molecule has 0 aromatic carbocycles. The molecule has 0 aromatic heterocycles. The van der Waals surface area contributed by atoms with E-state index in [2.05, 4.69) is 6.92 Å². The highest BCUT2D eigenvalue weighted by atomic mass is 19.1. The Labute approximate surface area is 56.2 Å². The number of halogens is 1. The molecule has 0 N–H and O–H groups in total. The van der Waals surface area contributed by atoms with Gasteiger partial charge in [-0.1, -0.05) is 13.3 Å². The molecular weight excluding hydrogens is 119 g/mol. The molecule has 0 aliphatic rings. The molecular formula is C7H14FO. The van der Waals surface area contributed by atoms with Gasteiger partial charge in [-0.05, 0) is 12.8 Å². The number of ether oxygens (including phenoxy) is 1. The quantitative estimate of drug-likeness (QED) is 0.503. The van der Waals surface area contributed by atoms with Crippen molar-refractivity contribution in [2.45, 2.75) is 19.3 Å². The summed E-state index contributed by atoms with van der Waals surface area (Å²) in [4.78, 5) is 0. The van der Waals surface area contributed by atoms with Gasteiger partial charge in [0.1, 0.15) is 0 Å². The summed E-state index contributed by atoms with van der Waals surface area (Å²) in [6.07, 6.45) is 2.40. The van der Waals surface area contributed by atoms with Gasteiger partial charge in [-0.3, -0.25) is 4.39 Å². The van der Waals surface area contributed by atoms with Crippen molar-refractivity contribution < 1.29 is 9.13 Å². The average molecular weight is 133 g/mol. The Bertz CT molecular complexity index is 42.2. The molecule has 1 radical (unpaired) electrons. The summed E-state index contributed by atoms with van der Waals surface area (Å²) < 4.78 is 16.4. The molecule has 0 unspecified atom stereocenters. The summed E-state index contributed by atoms with van der Waals surface area (Å²) in [5.41, 5.74) is 0. The molecule has 0 aromatic rings. The number of rotatable bonds is 6. The minimum absolute atomic E-state index is 0.273. The van der Waals surface area contributed by atoms with Gasteiger partial charge >= 0.3 is 0 Å². The second-order valence-corrected chi connectivity index (χ2v) is 1.86. The van der Waals surface area contributed by atoms with Crippen LogP contribution in [0.15, 0.2) is 0 Å². The third kappa shape index (κ3) is 7.89. The number of alkyl halides is 1. The van der Waals surface area contributed by atoms with Crippen molar-refractivity contribution in [1.82, 2.24) is 0 Å². The minimum atomic E-state index is -0.273. The Morgan fingerprint density at radius 3 is 2.44 bits per heavy atom. The highest BCUT2D eigenvalue weighted by Crippen LogP contribution is 1.89. The van der Waals surface area contributed by atoms with E-state index in [1.165, 1.54) is 0 Å². The zero-order valence-electron chi connectivity index (χ0n) is 5.74. The van der Waals surface area contributed by atoms with Crippen LogP contribution in [-0.4, -0.2) is 19.9 Å². The smallest absolute Gasteiger partial charge is 0.0916 e. The first-order valence-corrected chi connectivity index (χ1v) is 3.34. The third-order valence-corrected chi connectivity index (χ3v) is 0.961. The molecule has 1 nitrogen and oxygen atoms in total. The second kappa shape index (κ2) is 7.89. The van der Waals surface area contributed by atoms with Crippen molar-refractivity contribution >= 4 is 0 Å². The van der Waals surface area contributed by atoms with Crippen LogP contribution >= 0.6 is 0 Å². The van der Waals surface area contributed by atoms with E-state index >= 15 is 0 Å². The minimum Gasteiger partial charge on any atom is -0.381 e. The summed E-state index contributed by atoms with van der Waals surface area (Å²) >= 11 is 0. The fraction of sp³-hybridized carbons (Fsp3) is 0.857. The standard InChI is InChI=1S/C7H14FO/c1-2-3-6-9-7-4-5-8/h1-7H2. The Morgan fingerprint density at radius 2 is 1.89 bits per heavy atom. The van der Waals surface area contributed by atoms with Crippen molar-refractivity contribution in [2.24, 2.45) is 0 Å². The summed E-state index contributed by atoms with van der Waals surface area (Å²) in [5, 5.41) is 0. The molecule has 0 heterocycles. The van der Waals surface area contributed by atoms with E-state index in [0.29, 0.717) is 13.0 Å². The van der Waals surface area contributed by atoms with Gasteiger partial charge < -0.3 is 4.74 Å². The van der Waals surface area contributed by atoms with Crippen molar-refractivity contribution in [2.75, 3.05) is 19.9 Å². The van der Waals surface area contributed by atoms with Crippen LogP contribution in [0.1, 0.15) is 19.3 Å². The van der Waals surface area contributed by atoms with E-state index in [0.717, 1.165) is 19.4 Å². The van der Waals surface area contributed by atoms with E-state index in [1.54, 1.807) is 0 Å². The maximum atomic E-state index is 11.4. The lowest BCUT2D eigenvalue weighted by Crippen LogP contribution is -1.96. The van der Waals surface area contributed by atoms with Gasteiger partial charge in [0.05, 0.1) is 6.67 Å². The van der Waals surface area contributed by atoms with Gasteiger partial charge in [-0.25, -0.2) is 0 Å². The Balaban J connectivity index is 2.60. The van der Waals surface area contributed by atoms with Gasteiger partial charge in [0.2, 0.25) is 0 Å². The third-order valence-electron chi connectivity index (χ3n) is 0.961. The zero-order chi connectivity index (χ0) is 6.95. The number of hydrogen-bond donors (Lipinski definition) is 0. The molecule has 0 atom stereocenters. The zero-order valence-corrected chi connectivity index (χ0v) is 5.74. The summed E-state index contributed by atoms with van der Waals surface area (Å²) in [7, 11) is 0. The first-order valence-electron chi connectivity index (χ1n) is 3.34. The largest absolute Gasteiger partial charge is 0.381 e. The van der Waals surface area contributed by atoms with Crippen LogP contribution in [0.5, 0.6) is 0 Å². The summed E-state index contributed by atoms with van der Waals surface area (Å²) in [5.74, 6) is 0. The first kappa shape index (κ1) is 8.89. The van der Waals surface area contributed by atoms with Gasteiger partial charge in [0.15, 0.2) is 0 Å². The average Bonchev–Trinajstić information content (AvgIpc) is 1.89. The van der Waals surface area contributed by atoms with Crippen molar-refractivity contribution in [3.63, 3.8) is 0 Å². The Hall–Kier alpha value is -0.110. The Kier molecular flexibility index (Phi) is 7.79. The van der Waals surface area contributed by atoms with Crippen LogP contribution in [-0.2, 0) is 4.74 Å². The second-order valence-electron chi connectivity index (χ2n) is 1.86. The lowest BCUT2D eigenvalue weighted by molar-refractivity contribution is 0.125. The van der Waals surface area contributed by atoms with E-state index in [1.807, 2.05) is 0 Å². The Morgan fingerprint density at radius 1 is 1.22 bits per heavy atom. The normalized spacial score (nSPS) is 10.0. The molecule has 0 saturated heterocycles. The van der Waals surface area contributed by atoms with E-state index in [-0.39, 0.29) is 6.67 Å².